The van der Waals surface area contributed by atoms with Gasteiger partial charge in [-0.25, -0.2) is 0 Å². The first-order chi connectivity index (χ1) is 9.80. The fourth-order valence-corrected chi connectivity index (χ4v) is 4.80. The van der Waals surface area contributed by atoms with Crippen LogP contribution in [0.25, 0.3) is 0 Å². The summed E-state index contributed by atoms with van der Waals surface area (Å²) in [5.41, 5.74) is 0.0143. The average molecular weight is 301 g/mol. The van der Waals surface area contributed by atoms with Crippen LogP contribution in [0.15, 0.2) is 0 Å². The van der Waals surface area contributed by atoms with E-state index in [9.17, 15) is 5.11 Å². The molecule has 1 aliphatic carbocycles. The van der Waals surface area contributed by atoms with Gasteiger partial charge in [-0.3, -0.25) is 0 Å². The van der Waals surface area contributed by atoms with Crippen LogP contribution in [0.5, 0.6) is 0 Å². The number of hydrogen-bond acceptors (Lipinski definition) is 4. The van der Waals surface area contributed by atoms with Crippen molar-refractivity contribution in [2.75, 3.05) is 31.3 Å². The van der Waals surface area contributed by atoms with Crippen molar-refractivity contribution in [2.24, 2.45) is 5.92 Å². The summed E-state index contributed by atoms with van der Waals surface area (Å²) >= 11 is 2.04. The van der Waals surface area contributed by atoms with Crippen molar-refractivity contribution >= 4 is 11.8 Å². The topological polar surface area (TPSA) is 41.5 Å². The van der Waals surface area contributed by atoms with Gasteiger partial charge in [-0.05, 0) is 56.7 Å². The Kier molecular flexibility index (Phi) is 7.15. The molecule has 0 amide bonds. The molecule has 0 radical (unpaired) electrons. The monoisotopic (exact) mass is 301 g/mol. The lowest BCUT2D eigenvalue weighted by Gasteiger charge is -2.35. The Balaban J connectivity index is 1.69. The minimum atomic E-state index is 0.0143. The number of hydrogen-bond donors (Lipinski definition) is 2. The molecule has 2 N–H and O–H groups in total. The van der Waals surface area contributed by atoms with Gasteiger partial charge in [0.15, 0.2) is 0 Å². The summed E-state index contributed by atoms with van der Waals surface area (Å²) in [5.74, 6) is 3.01. The van der Waals surface area contributed by atoms with Gasteiger partial charge >= 0.3 is 0 Å². The van der Waals surface area contributed by atoms with Crippen LogP contribution in [-0.2, 0) is 4.74 Å². The summed E-state index contributed by atoms with van der Waals surface area (Å²) in [4.78, 5) is 0. The van der Waals surface area contributed by atoms with Crippen molar-refractivity contribution in [3.8, 4) is 0 Å². The largest absolute Gasteiger partial charge is 0.394 e. The van der Waals surface area contributed by atoms with Crippen molar-refractivity contribution in [2.45, 2.75) is 63.5 Å². The Morgan fingerprint density at radius 3 is 2.95 bits per heavy atom. The zero-order valence-electron chi connectivity index (χ0n) is 12.9. The maximum atomic E-state index is 9.85. The van der Waals surface area contributed by atoms with Crippen LogP contribution in [-0.4, -0.2) is 48.0 Å². The lowest BCUT2D eigenvalue weighted by atomic mass is 9.85. The molecule has 20 heavy (non-hydrogen) atoms. The van der Waals surface area contributed by atoms with Crippen molar-refractivity contribution in [3.05, 3.63) is 0 Å². The van der Waals surface area contributed by atoms with Gasteiger partial charge in [-0.15, -0.1) is 0 Å². The highest BCUT2D eigenvalue weighted by molar-refractivity contribution is 7.99. The molecule has 2 rings (SSSR count). The smallest absolute Gasteiger partial charge is 0.0666 e. The fraction of sp³-hybridized carbons (Fsp3) is 1.00. The molecule has 118 valence electrons. The molecule has 0 spiro atoms. The molecule has 4 heteroatoms. The van der Waals surface area contributed by atoms with Gasteiger partial charge in [-0.2, -0.15) is 11.8 Å². The lowest BCUT2D eigenvalue weighted by Crippen LogP contribution is -2.51. The molecule has 0 aromatic rings. The maximum Gasteiger partial charge on any atom is 0.0666 e. The third-order valence-electron chi connectivity index (χ3n) is 4.90. The minimum absolute atomic E-state index is 0.0143. The van der Waals surface area contributed by atoms with E-state index in [0.29, 0.717) is 18.6 Å². The van der Waals surface area contributed by atoms with E-state index in [2.05, 4.69) is 12.2 Å². The van der Waals surface area contributed by atoms with Crippen molar-refractivity contribution in [1.82, 2.24) is 5.32 Å². The molecule has 0 bridgehead atoms. The van der Waals surface area contributed by atoms with Gasteiger partial charge in [-0.1, -0.05) is 13.3 Å². The number of aliphatic hydroxyl groups excluding tert-OH is 1. The van der Waals surface area contributed by atoms with Gasteiger partial charge in [0.1, 0.15) is 0 Å². The number of aliphatic hydroxyl groups is 1. The molecule has 1 saturated heterocycles. The molecule has 1 aliphatic heterocycles. The number of ether oxygens (including phenoxy) is 1. The summed E-state index contributed by atoms with van der Waals surface area (Å²) < 4.78 is 5.67. The van der Waals surface area contributed by atoms with E-state index in [1.807, 2.05) is 11.8 Å². The predicted molar refractivity (Wildman–Crippen MR) is 86.4 cm³/mol. The van der Waals surface area contributed by atoms with Gasteiger partial charge in [0.05, 0.1) is 12.7 Å². The third-order valence-corrected chi connectivity index (χ3v) is 6.04. The molecule has 3 nitrogen and oxygen atoms in total. The quantitative estimate of drug-likeness (QED) is 0.643. The summed E-state index contributed by atoms with van der Waals surface area (Å²) in [7, 11) is 0. The molecule has 0 aromatic carbocycles. The SMILES string of the molecule is CCCNC1(CO)CCCC1CCSCC1CCCO1. The van der Waals surface area contributed by atoms with E-state index >= 15 is 0 Å². The molecular weight excluding hydrogens is 270 g/mol. The van der Waals surface area contributed by atoms with Crippen LogP contribution >= 0.6 is 11.8 Å². The van der Waals surface area contributed by atoms with Crippen molar-refractivity contribution in [3.63, 3.8) is 0 Å². The highest BCUT2D eigenvalue weighted by atomic mass is 32.2. The first-order valence-electron chi connectivity index (χ1n) is 8.36. The van der Waals surface area contributed by atoms with E-state index < -0.39 is 0 Å². The normalized spacial score (nSPS) is 33.9. The Labute approximate surface area is 128 Å². The first kappa shape index (κ1) is 16.6. The van der Waals surface area contributed by atoms with Gasteiger partial charge in [0.25, 0.3) is 0 Å². The van der Waals surface area contributed by atoms with Crippen LogP contribution in [0.2, 0.25) is 0 Å². The Morgan fingerprint density at radius 1 is 1.35 bits per heavy atom. The number of thioether (sulfide) groups is 1. The molecule has 2 aliphatic rings. The Hall–Kier alpha value is 0.230. The Bertz CT molecular complexity index is 271. The van der Waals surface area contributed by atoms with Gasteiger partial charge in [0.2, 0.25) is 0 Å². The maximum absolute atomic E-state index is 9.85. The molecule has 1 saturated carbocycles. The minimum Gasteiger partial charge on any atom is -0.394 e. The zero-order valence-corrected chi connectivity index (χ0v) is 13.7. The third kappa shape index (κ3) is 4.36. The standard InChI is InChI=1S/C16H31NO2S/c1-2-9-17-16(13-18)8-3-5-14(16)7-11-20-12-15-6-4-10-19-15/h14-15,17-18H,2-13H2,1H3. The van der Waals surface area contributed by atoms with Crippen molar-refractivity contribution < 1.29 is 9.84 Å². The van der Waals surface area contributed by atoms with E-state index in [1.54, 1.807) is 0 Å². The highest BCUT2D eigenvalue weighted by Gasteiger charge is 2.41. The molecule has 2 fully saturated rings. The highest BCUT2D eigenvalue weighted by Crippen LogP contribution is 2.38. The summed E-state index contributed by atoms with van der Waals surface area (Å²) in [5, 5.41) is 13.5. The predicted octanol–water partition coefficient (Wildman–Crippen LogP) is 2.82. The van der Waals surface area contributed by atoms with Crippen LogP contribution in [0, 0.1) is 5.92 Å². The van der Waals surface area contributed by atoms with Gasteiger partial charge in [0, 0.05) is 17.9 Å². The molecule has 3 atom stereocenters. The molecule has 0 aromatic heterocycles. The summed E-state index contributed by atoms with van der Waals surface area (Å²) in [6.07, 6.45) is 9.04. The van der Waals surface area contributed by atoms with Crippen molar-refractivity contribution in [1.29, 1.82) is 0 Å². The second-order valence-corrected chi connectivity index (χ2v) is 7.48. The fourth-order valence-electron chi connectivity index (χ4n) is 3.65. The van der Waals surface area contributed by atoms with E-state index in [0.717, 1.165) is 31.7 Å². The number of nitrogens with one attached hydrogen (secondary N) is 1. The zero-order chi connectivity index (χ0) is 14.3. The van der Waals surface area contributed by atoms with Crippen LogP contribution in [0.1, 0.15) is 51.9 Å². The lowest BCUT2D eigenvalue weighted by molar-refractivity contribution is 0.122. The van der Waals surface area contributed by atoms with E-state index in [1.165, 1.54) is 37.9 Å². The second-order valence-electron chi connectivity index (χ2n) is 6.33. The van der Waals surface area contributed by atoms with E-state index in [4.69, 9.17) is 4.74 Å². The first-order valence-corrected chi connectivity index (χ1v) is 9.51. The van der Waals surface area contributed by atoms with Crippen LogP contribution in [0.3, 0.4) is 0 Å². The van der Waals surface area contributed by atoms with Crippen LogP contribution < -0.4 is 5.32 Å². The molecular formula is C16H31NO2S. The average Bonchev–Trinajstić information content (AvgIpc) is 3.11. The van der Waals surface area contributed by atoms with Crippen LogP contribution in [0.4, 0.5) is 0 Å². The molecule has 3 unspecified atom stereocenters. The second kappa shape index (κ2) is 8.62. The molecule has 1 heterocycles. The Morgan fingerprint density at radius 2 is 2.25 bits per heavy atom. The number of rotatable bonds is 9. The van der Waals surface area contributed by atoms with Gasteiger partial charge < -0.3 is 15.2 Å². The summed E-state index contributed by atoms with van der Waals surface area (Å²) in [6, 6.07) is 0. The summed E-state index contributed by atoms with van der Waals surface area (Å²) in [6.45, 7) is 4.48. The van der Waals surface area contributed by atoms with E-state index in [-0.39, 0.29) is 5.54 Å².